The number of sulfonamides is 1. The standard InChI is InChI=1S/C46H55N9O6S/c1-2-31-6-3-4-7-38(31)40-8-5-19-54(40)35-25-46(26-35)16-20-53(21-17-46)34-13-14-39(42(23-34)61-36-22-32-15-18-48-43(32)50-28-36)45(56)52-62(59,60)37-24-41(55(57)58)44(51-29-37)49-27-30-9-11-33(47)12-10-30/h3-4,6-7,13-15,18,22-24,28-30,33,35,40H,2,5,8-12,16-17,19-21,25-27,47H2,1H3,(H,48,50)(H,49,51)(H,52,56)/t30?,33?,40-/m1/s1. The van der Waals surface area contributed by atoms with Crippen molar-refractivity contribution in [3.8, 4) is 11.5 Å². The van der Waals surface area contributed by atoms with Gasteiger partial charge in [-0.15, -0.1) is 0 Å². The third-order valence-corrected chi connectivity index (χ3v) is 15.2. The number of hydrogen-bond donors (Lipinski definition) is 4. The van der Waals surface area contributed by atoms with Crippen LogP contribution in [0.5, 0.6) is 11.5 Å². The number of aromatic nitrogens is 3. The van der Waals surface area contributed by atoms with Gasteiger partial charge >= 0.3 is 5.69 Å². The molecule has 2 saturated carbocycles. The van der Waals surface area contributed by atoms with Gasteiger partial charge in [-0.2, -0.15) is 0 Å². The number of carbonyl (C=O) groups is 1. The molecule has 9 rings (SSSR count). The molecule has 1 atom stereocenters. The van der Waals surface area contributed by atoms with Crippen LogP contribution in [0.2, 0.25) is 0 Å². The third-order valence-electron chi connectivity index (χ3n) is 13.9. The summed E-state index contributed by atoms with van der Waals surface area (Å²) in [7, 11) is -4.60. The number of anilines is 2. The average molecular weight is 862 g/mol. The average Bonchev–Trinajstić information content (AvgIpc) is 3.95. The van der Waals surface area contributed by atoms with Crippen LogP contribution in [0.3, 0.4) is 0 Å². The minimum atomic E-state index is -4.60. The molecular weight excluding hydrogens is 807 g/mol. The number of carbonyl (C=O) groups excluding carboxylic acids is 1. The predicted octanol–water partition coefficient (Wildman–Crippen LogP) is 7.86. The van der Waals surface area contributed by atoms with E-state index in [1.54, 1.807) is 24.4 Å². The van der Waals surface area contributed by atoms with Crippen molar-refractivity contribution in [2.45, 2.75) is 101 Å². The first-order valence-corrected chi connectivity index (χ1v) is 23.5. The fourth-order valence-corrected chi connectivity index (χ4v) is 11.3. The fraction of sp³-hybridized carbons (Fsp3) is 0.457. The first-order valence-electron chi connectivity index (χ1n) is 22.0. The smallest absolute Gasteiger partial charge is 0.312 e. The SMILES string of the molecule is CCc1ccccc1[C@H]1CCCN1C1CC2(CCN(c3ccc(C(=O)NS(=O)(=O)c4cnc(NCC5CCC(N)CC5)c([N+](=O)[O-])c4)c(Oc4cnc5[nH]ccc5c4)c3)CC2)C1. The van der Waals surface area contributed by atoms with Crippen LogP contribution in [-0.2, 0) is 16.4 Å². The van der Waals surface area contributed by atoms with Crippen LogP contribution in [0.15, 0.2) is 84.1 Å². The van der Waals surface area contributed by atoms with E-state index in [0.717, 1.165) is 87.9 Å². The molecule has 4 aliphatic rings. The zero-order valence-electron chi connectivity index (χ0n) is 35.1. The van der Waals surface area contributed by atoms with E-state index in [4.69, 9.17) is 10.5 Å². The number of fused-ring (bicyclic) bond motifs is 1. The van der Waals surface area contributed by atoms with Crippen molar-refractivity contribution in [2.75, 3.05) is 36.4 Å². The van der Waals surface area contributed by atoms with Crippen molar-refractivity contribution in [1.82, 2.24) is 24.6 Å². The maximum absolute atomic E-state index is 13.9. The van der Waals surface area contributed by atoms with E-state index in [9.17, 15) is 23.3 Å². The molecule has 2 aliphatic heterocycles. The van der Waals surface area contributed by atoms with Gasteiger partial charge < -0.3 is 25.7 Å². The van der Waals surface area contributed by atoms with Crippen molar-refractivity contribution in [3.63, 3.8) is 0 Å². The number of benzene rings is 2. The minimum Gasteiger partial charge on any atom is -0.455 e. The van der Waals surface area contributed by atoms with Crippen LogP contribution >= 0.6 is 0 Å². The van der Waals surface area contributed by atoms with Crippen molar-refractivity contribution in [1.29, 1.82) is 0 Å². The van der Waals surface area contributed by atoms with E-state index < -0.39 is 31.4 Å². The summed E-state index contributed by atoms with van der Waals surface area (Å²) in [5.41, 5.74) is 10.3. The van der Waals surface area contributed by atoms with Gasteiger partial charge in [0.1, 0.15) is 22.0 Å². The number of nitro groups is 1. The molecule has 3 aromatic heterocycles. The Morgan fingerprint density at radius 3 is 2.56 bits per heavy atom. The summed E-state index contributed by atoms with van der Waals surface area (Å²) >= 11 is 0. The highest BCUT2D eigenvalue weighted by Crippen LogP contribution is 2.54. The zero-order chi connectivity index (χ0) is 43.0. The molecule has 16 heteroatoms. The minimum absolute atomic E-state index is 0.0282. The molecule has 2 saturated heterocycles. The van der Waals surface area contributed by atoms with Crippen molar-refractivity contribution < 1.29 is 22.9 Å². The monoisotopic (exact) mass is 861 g/mol. The molecule has 0 bridgehead atoms. The quantitative estimate of drug-likeness (QED) is 0.0661. The lowest BCUT2D eigenvalue weighted by molar-refractivity contribution is -0.384. The van der Waals surface area contributed by atoms with E-state index in [0.29, 0.717) is 35.4 Å². The largest absolute Gasteiger partial charge is 0.455 e. The molecular formula is C46H55N9O6S. The molecule has 5 heterocycles. The van der Waals surface area contributed by atoms with Gasteiger partial charge in [0, 0.05) is 67.2 Å². The number of ether oxygens (including phenoxy) is 1. The molecule has 5 N–H and O–H groups in total. The predicted molar refractivity (Wildman–Crippen MR) is 238 cm³/mol. The maximum atomic E-state index is 13.9. The number of hydrogen-bond acceptors (Lipinski definition) is 12. The Balaban J connectivity index is 0.900. The summed E-state index contributed by atoms with van der Waals surface area (Å²) in [5.74, 6) is -0.209. The number of H-pyrrole nitrogens is 1. The summed E-state index contributed by atoms with van der Waals surface area (Å²) in [6.45, 7) is 5.54. The number of nitrogens with one attached hydrogen (secondary N) is 3. The highest BCUT2D eigenvalue weighted by molar-refractivity contribution is 7.90. The second-order valence-corrected chi connectivity index (χ2v) is 19.4. The molecule has 15 nitrogen and oxygen atoms in total. The Hall–Kier alpha value is -5.58. The molecule has 62 heavy (non-hydrogen) atoms. The fourth-order valence-electron chi connectivity index (χ4n) is 10.4. The molecule has 326 valence electrons. The molecule has 1 spiro atoms. The Kier molecular flexibility index (Phi) is 11.6. The first kappa shape index (κ1) is 41.8. The second kappa shape index (κ2) is 17.3. The van der Waals surface area contributed by atoms with E-state index >= 15 is 0 Å². The topological polar surface area (TPSA) is 202 Å². The van der Waals surface area contributed by atoms with E-state index in [-0.39, 0.29) is 29.1 Å². The van der Waals surface area contributed by atoms with Crippen molar-refractivity contribution >= 4 is 44.2 Å². The van der Waals surface area contributed by atoms with Gasteiger partial charge in [-0.25, -0.2) is 23.1 Å². The van der Waals surface area contributed by atoms with E-state index in [1.165, 1.54) is 43.0 Å². The van der Waals surface area contributed by atoms with Gasteiger partial charge in [0.05, 0.1) is 22.9 Å². The van der Waals surface area contributed by atoms with Crippen LogP contribution in [0.1, 0.15) is 98.7 Å². The highest BCUT2D eigenvalue weighted by atomic mass is 32.2. The lowest BCUT2D eigenvalue weighted by Gasteiger charge is -2.56. The number of nitrogens with two attached hydrogens (primary N) is 1. The van der Waals surface area contributed by atoms with E-state index in [1.807, 2.05) is 12.1 Å². The van der Waals surface area contributed by atoms with Crippen LogP contribution in [0, 0.1) is 21.4 Å². The highest BCUT2D eigenvalue weighted by Gasteiger charge is 2.50. The number of likely N-dealkylation sites (tertiary alicyclic amines) is 1. The van der Waals surface area contributed by atoms with Crippen molar-refractivity contribution in [2.24, 2.45) is 17.1 Å². The Morgan fingerprint density at radius 2 is 1.79 bits per heavy atom. The Morgan fingerprint density at radius 1 is 1.00 bits per heavy atom. The summed E-state index contributed by atoms with van der Waals surface area (Å²) in [6.07, 6.45) is 15.9. The van der Waals surface area contributed by atoms with Crippen LogP contribution in [-0.4, -0.2) is 77.4 Å². The zero-order valence-corrected chi connectivity index (χ0v) is 35.9. The lowest BCUT2D eigenvalue weighted by Crippen LogP contribution is -2.54. The molecule has 5 aromatic rings. The summed E-state index contributed by atoms with van der Waals surface area (Å²) in [5, 5.41) is 15.9. The first-order chi connectivity index (χ1) is 30.0. The summed E-state index contributed by atoms with van der Waals surface area (Å²) < 4.78 is 35.8. The maximum Gasteiger partial charge on any atom is 0.312 e. The lowest BCUT2D eigenvalue weighted by atomic mass is 9.59. The number of nitrogens with zero attached hydrogens (tertiary/aromatic N) is 5. The molecule has 2 aromatic carbocycles. The molecule has 1 amide bonds. The number of amides is 1. The summed E-state index contributed by atoms with van der Waals surface area (Å²) in [4.78, 5) is 41.5. The summed E-state index contributed by atoms with van der Waals surface area (Å²) in [6, 6.07) is 19.9. The molecule has 0 unspecified atom stereocenters. The van der Waals surface area contributed by atoms with Crippen LogP contribution in [0.25, 0.3) is 11.0 Å². The van der Waals surface area contributed by atoms with E-state index in [2.05, 4.69) is 66.0 Å². The second-order valence-electron chi connectivity index (χ2n) is 17.8. The van der Waals surface area contributed by atoms with Crippen LogP contribution in [0.4, 0.5) is 17.2 Å². The Labute approximate surface area is 362 Å². The molecule has 0 radical (unpaired) electrons. The van der Waals surface area contributed by atoms with Gasteiger partial charge in [0.15, 0.2) is 0 Å². The van der Waals surface area contributed by atoms with Gasteiger partial charge in [-0.05, 0) is 124 Å². The normalized spacial score (nSPS) is 21.8. The van der Waals surface area contributed by atoms with Gasteiger partial charge in [0.25, 0.3) is 15.9 Å². The molecule has 2 aliphatic carbocycles. The van der Waals surface area contributed by atoms with Crippen molar-refractivity contribution in [3.05, 3.63) is 106 Å². The van der Waals surface area contributed by atoms with Gasteiger partial charge in [0.2, 0.25) is 5.82 Å². The number of aromatic amines is 1. The third kappa shape index (κ3) is 8.59. The number of rotatable bonds is 13. The number of piperidine rings is 1. The molecule has 4 fully saturated rings. The van der Waals surface area contributed by atoms with Crippen LogP contribution < -0.4 is 25.4 Å². The van der Waals surface area contributed by atoms with Gasteiger partial charge in [-0.1, -0.05) is 31.2 Å². The Bertz CT molecular complexity index is 2560. The number of pyridine rings is 2. The van der Waals surface area contributed by atoms with Gasteiger partial charge in [-0.3, -0.25) is 19.8 Å². The number of aryl methyl sites for hydroxylation is 1.